The van der Waals surface area contributed by atoms with Crippen LogP contribution in [0, 0.1) is 5.92 Å². The van der Waals surface area contributed by atoms with Crippen LogP contribution >= 0.6 is 0 Å². The maximum atomic E-state index is 11.6. The van der Waals surface area contributed by atoms with E-state index in [0.29, 0.717) is 19.5 Å². The van der Waals surface area contributed by atoms with Gasteiger partial charge in [0.05, 0.1) is 5.92 Å². The second-order valence-corrected chi connectivity index (χ2v) is 4.98. The summed E-state index contributed by atoms with van der Waals surface area (Å²) in [5.74, 6) is -1.05. The smallest absolute Gasteiger partial charge is 0.314 e. The first kappa shape index (κ1) is 16.0. The van der Waals surface area contributed by atoms with E-state index in [2.05, 4.69) is 10.6 Å². The minimum absolute atomic E-state index is 0.236. The number of carboxylic acids is 1. The highest BCUT2D eigenvalue weighted by atomic mass is 16.4. The van der Waals surface area contributed by atoms with Crippen molar-refractivity contribution < 1.29 is 14.7 Å². The Balaban J connectivity index is 2.22. The molecule has 20 heavy (non-hydrogen) atoms. The fraction of sp³-hybridized carbons (Fsp3) is 0.467. The molecule has 110 valence electrons. The van der Waals surface area contributed by atoms with Gasteiger partial charge in [-0.25, -0.2) is 4.79 Å². The molecular formula is C15H22N2O3. The van der Waals surface area contributed by atoms with Crippen LogP contribution in [0.3, 0.4) is 0 Å². The Kier molecular flexibility index (Phi) is 6.56. The van der Waals surface area contributed by atoms with Crippen molar-refractivity contribution in [1.29, 1.82) is 0 Å². The van der Waals surface area contributed by atoms with Crippen LogP contribution in [0.1, 0.15) is 31.7 Å². The summed E-state index contributed by atoms with van der Waals surface area (Å²) in [6.45, 7) is 4.57. The highest BCUT2D eigenvalue weighted by Crippen LogP contribution is 2.12. The van der Waals surface area contributed by atoms with Gasteiger partial charge in [-0.1, -0.05) is 44.2 Å². The molecule has 0 spiro atoms. The number of carbonyl (C=O) groups is 2. The molecule has 0 saturated heterocycles. The van der Waals surface area contributed by atoms with Gasteiger partial charge in [0.2, 0.25) is 0 Å². The van der Waals surface area contributed by atoms with Gasteiger partial charge in [0, 0.05) is 13.1 Å². The zero-order valence-electron chi connectivity index (χ0n) is 11.9. The van der Waals surface area contributed by atoms with E-state index >= 15 is 0 Å². The zero-order chi connectivity index (χ0) is 15.0. The molecule has 0 aliphatic heterocycles. The third kappa shape index (κ3) is 5.73. The molecular weight excluding hydrogens is 256 g/mol. The maximum Gasteiger partial charge on any atom is 0.314 e. The van der Waals surface area contributed by atoms with Gasteiger partial charge in [-0.3, -0.25) is 4.79 Å². The average molecular weight is 278 g/mol. The van der Waals surface area contributed by atoms with E-state index in [1.54, 1.807) is 6.92 Å². The Morgan fingerprint density at radius 1 is 1.15 bits per heavy atom. The number of benzene rings is 1. The lowest BCUT2D eigenvalue weighted by molar-refractivity contribution is -0.141. The van der Waals surface area contributed by atoms with Gasteiger partial charge in [0.25, 0.3) is 0 Å². The Labute approximate surface area is 119 Å². The summed E-state index contributed by atoms with van der Waals surface area (Å²) in [5, 5.41) is 14.2. The zero-order valence-corrected chi connectivity index (χ0v) is 11.9. The van der Waals surface area contributed by atoms with Crippen molar-refractivity contribution in [2.24, 2.45) is 5.92 Å². The number of hydrogen-bond acceptors (Lipinski definition) is 2. The number of nitrogens with one attached hydrogen (secondary N) is 2. The third-order valence-electron chi connectivity index (χ3n) is 3.22. The van der Waals surface area contributed by atoms with Crippen LogP contribution in [0.25, 0.3) is 0 Å². The first-order chi connectivity index (χ1) is 9.50. The van der Waals surface area contributed by atoms with Crippen molar-refractivity contribution in [1.82, 2.24) is 10.6 Å². The standard InChI is InChI=1S/C15H22N2O3/c1-11(14(18)19)8-9-16-15(20)17-10-12(2)13-6-4-3-5-7-13/h3-7,11-12H,8-10H2,1-2H3,(H,18,19)(H2,16,17,20). The maximum absolute atomic E-state index is 11.6. The fourth-order valence-corrected chi connectivity index (χ4v) is 1.73. The second-order valence-electron chi connectivity index (χ2n) is 4.98. The van der Waals surface area contributed by atoms with E-state index in [4.69, 9.17) is 5.11 Å². The molecule has 0 aromatic heterocycles. The van der Waals surface area contributed by atoms with Crippen LogP contribution in [0.2, 0.25) is 0 Å². The molecule has 2 amide bonds. The number of aliphatic carboxylic acids is 1. The van der Waals surface area contributed by atoms with Gasteiger partial charge in [0.1, 0.15) is 0 Å². The molecule has 5 nitrogen and oxygen atoms in total. The third-order valence-corrected chi connectivity index (χ3v) is 3.22. The quantitative estimate of drug-likeness (QED) is 0.715. The average Bonchev–Trinajstić information content (AvgIpc) is 2.45. The summed E-state index contributed by atoms with van der Waals surface area (Å²) >= 11 is 0. The van der Waals surface area contributed by atoms with Crippen molar-refractivity contribution >= 4 is 12.0 Å². The minimum atomic E-state index is -0.843. The molecule has 5 heteroatoms. The fourth-order valence-electron chi connectivity index (χ4n) is 1.73. The van der Waals surface area contributed by atoms with Crippen LogP contribution < -0.4 is 10.6 Å². The predicted molar refractivity (Wildman–Crippen MR) is 77.7 cm³/mol. The highest BCUT2D eigenvalue weighted by Gasteiger charge is 2.11. The van der Waals surface area contributed by atoms with Crippen molar-refractivity contribution in [2.45, 2.75) is 26.2 Å². The highest BCUT2D eigenvalue weighted by molar-refractivity contribution is 5.74. The number of rotatable bonds is 7. The molecule has 1 aromatic carbocycles. The molecule has 0 bridgehead atoms. The lowest BCUT2D eigenvalue weighted by Gasteiger charge is -2.14. The molecule has 2 unspecified atom stereocenters. The topological polar surface area (TPSA) is 78.4 Å². The Morgan fingerprint density at radius 3 is 2.40 bits per heavy atom. The van der Waals surface area contributed by atoms with Crippen LogP contribution in [-0.2, 0) is 4.79 Å². The van der Waals surface area contributed by atoms with E-state index in [9.17, 15) is 9.59 Å². The first-order valence-corrected chi connectivity index (χ1v) is 6.80. The molecule has 0 radical (unpaired) electrons. The molecule has 1 rings (SSSR count). The molecule has 2 atom stereocenters. The predicted octanol–water partition coefficient (Wildman–Crippen LogP) is 2.20. The Hall–Kier alpha value is -2.04. The van der Waals surface area contributed by atoms with Crippen LogP contribution in [0.4, 0.5) is 4.79 Å². The molecule has 0 aliphatic carbocycles. The summed E-state index contributed by atoms with van der Waals surface area (Å²) in [5.41, 5.74) is 1.17. The number of carboxylic acid groups (broad SMARTS) is 1. The summed E-state index contributed by atoms with van der Waals surface area (Å²) in [7, 11) is 0. The number of urea groups is 1. The van der Waals surface area contributed by atoms with Gasteiger partial charge in [-0.05, 0) is 17.9 Å². The minimum Gasteiger partial charge on any atom is -0.481 e. The van der Waals surface area contributed by atoms with E-state index in [1.807, 2.05) is 37.3 Å². The summed E-state index contributed by atoms with van der Waals surface area (Å²) in [4.78, 5) is 22.2. The molecule has 0 saturated carbocycles. The number of amides is 2. The van der Waals surface area contributed by atoms with E-state index < -0.39 is 11.9 Å². The van der Waals surface area contributed by atoms with Gasteiger partial charge in [-0.15, -0.1) is 0 Å². The molecule has 0 heterocycles. The summed E-state index contributed by atoms with van der Waals surface area (Å²) in [6.07, 6.45) is 0.428. The monoisotopic (exact) mass is 278 g/mol. The SMILES string of the molecule is CC(CCNC(=O)NCC(C)c1ccccc1)C(=O)O. The lowest BCUT2D eigenvalue weighted by atomic mass is 10.0. The molecule has 3 N–H and O–H groups in total. The largest absolute Gasteiger partial charge is 0.481 e. The summed E-state index contributed by atoms with van der Waals surface area (Å²) in [6, 6.07) is 9.70. The number of carbonyl (C=O) groups excluding carboxylic acids is 1. The van der Waals surface area contributed by atoms with Gasteiger partial charge >= 0.3 is 12.0 Å². The van der Waals surface area contributed by atoms with E-state index in [0.717, 1.165) is 0 Å². The molecule has 0 aliphatic rings. The molecule has 0 fully saturated rings. The van der Waals surface area contributed by atoms with Gasteiger partial charge < -0.3 is 15.7 Å². The van der Waals surface area contributed by atoms with Crippen molar-refractivity contribution in [3.05, 3.63) is 35.9 Å². The van der Waals surface area contributed by atoms with Crippen molar-refractivity contribution in [2.75, 3.05) is 13.1 Å². The number of hydrogen-bond donors (Lipinski definition) is 3. The van der Waals surface area contributed by atoms with Crippen LogP contribution in [0.5, 0.6) is 0 Å². The first-order valence-electron chi connectivity index (χ1n) is 6.80. The normalized spacial score (nSPS) is 13.3. The van der Waals surface area contributed by atoms with Crippen molar-refractivity contribution in [3.63, 3.8) is 0 Å². The van der Waals surface area contributed by atoms with Gasteiger partial charge in [0.15, 0.2) is 0 Å². The van der Waals surface area contributed by atoms with Crippen molar-refractivity contribution in [3.8, 4) is 0 Å². The van der Waals surface area contributed by atoms with Crippen LogP contribution in [0.15, 0.2) is 30.3 Å². The van der Waals surface area contributed by atoms with E-state index in [-0.39, 0.29) is 11.9 Å². The Morgan fingerprint density at radius 2 is 1.80 bits per heavy atom. The van der Waals surface area contributed by atoms with Gasteiger partial charge in [-0.2, -0.15) is 0 Å². The lowest BCUT2D eigenvalue weighted by Crippen LogP contribution is -2.38. The Bertz CT molecular complexity index is 434. The van der Waals surface area contributed by atoms with E-state index in [1.165, 1.54) is 5.56 Å². The summed E-state index contributed by atoms with van der Waals surface area (Å²) < 4.78 is 0. The van der Waals surface area contributed by atoms with Crippen LogP contribution in [-0.4, -0.2) is 30.2 Å². The second kappa shape index (κ2) is 8.19. The molecule has 1 aromatic rings.